The van der Waals surface area contributed by atoms with Crippen molar-refractivity contribution >= 4 is 12.2 Å². The molecule has 0 radical (unpaired) electrons. The van der Waals surface area contributed by atoms with Crippen LogP contribution in [0.15, 0.2) is 0 Å². The highest BCUT2D eigenvalue weighted by atomic mass is 32.1. The molecule has 16 heavy (non-hydrogen) atoms. The number of hydrogen-bond acceptors (Lipinski definition) is 4. The van der Waals surface area contributed by atoms with Gasteiger partial charge in [-0.3, -0.25) is 4.90 Å². The van der Waals surface area contributed by atoms with Crippen molar-refractivity contribution in [1.29, 1.82) is 0 Å². The minimum Gasteiger partial charge on any atom is -0.388 e. The van der Waals surface area contributed by atoms with Crippen molar-refractivity contribution in [3.8, 4) is 0 Å². The lowest BCUT2D eigenvalue weighted by Crippen LogP contribution is -2.29. The maximum atomic E-state index is 9.11. The Labute approximate surface area is 100 Å². The molecule has 1 heterocycles. The third kappa shape index (κ3) is 2.18. The lowest BCUT2D eigenvalue weighted by Gasteiger charge is -2.19. The van der Waals surface area contributed by atoms with E-state index in [0.29, 0.717) is 16.6 Å². The van der Waals surface area contributed by atoms with Gasteiger partial charge in [-0.2, -0.15) is 5.10 Å². The Bertz CT molecular complexity index is 421. The molecule has 0 aliphatic heterocycles. The minimum atomic E-state index is -0.0668. The zero-order valence-electron chi connectivity index (χ0n) is 9.76. The van der Waals surface area contributed by atoms with Crippen molar-refractivity contribution in [1.82, 2.24) is 19.2 Å². The van der Waals surface area contributed by atoms with Crippen molar-refractivity contribution in [3.05, 3.63) is 10.6 Å². The quantitative estimate of drug-likeness (QED) is 0.779. The van der Waals surface area contributed by atoms with E-state index in [-0.39, 0.29) is 6.61 Å². The normalized spacial score (nSPS) is 16.0. The molecule has 0 spiro atoms. The molecule has 0 atom stereocenters. The lowest BCUT2D eigenvalue weighted by atomic mass is 10.5. The van der Waals surface area contributed by atoms with Crippen LogP contribution in [-0.2, 0) is 20.3 Å². The molecule has 1 aromatic heterocycles. The summed E-state index contributed by atoms with van der Waals surface area (Å²) in [5.74, 6) is 0.622. The summed E-state index contributed by atoms with van der Waals surface area (Å²) >= 11 is 5.28. The Morgan fingerprint density at radius 1 is 1.56 bits per heavy atom. The number of aromatic nitrogens is 3. The fraction of sp³-hybridized carbons (Fsp3) is 0.800. The molecule has 0 amide bonds. The van der Waals surface area contributed by atoms with Crippen molar-refractivity contribution in [2.24, 2.45) is 7.05 Å². The van der Waals surface area contributed by atoms with Gasteiger partial charge in [0.15, 0.2) is 10.6 Å². The van der Waals surface area contributed by atoms with Gasteiger partial charge in [0.25, 0.3) is 0 Å². The van der Waals surface area contributed by atoms with E-state index in [1.165, 1.54) is 12.8 Å². The summed E-state index contributed by atoms with van der Waals surface area (Å²) in [7, 11) is 1.84. The van der Waals surface area contributed by atoms with Crippen LogP contribution in [-0.4, -0.2) is 36.9 Å². The predicted molar refractivity (Wildman–Crippen MR) is 63.4 cm³/mol. The van der Waals surface area contributed by atoms with Gasteiger partial charge in [0, 0.05) is 13.1 Å². The molecule has 6 heteroatoms. The van der Waals surface area contributed by atoms with Gasteiger partial charge in [0.05, 0.1) is 6.67 Å². The van der Waals surface area contributed by atoms with E-state index in [9.17, 15) is 0 Å². The van der Waals surface area contributed by atoms with E-state index < -0.39 is 0 Å². The summed E-state index contributed by atoms with van der Waals surface area (Å²) < 4.78 is 4.22. The van der Waals surface area contributed by atoms with Gasteiger partial charge < -0.3 is 9.67 Å². The van der Waals surface area contributed by atoms with Crippen LogP contribution in [0.3, 0.4) is 0 Å². The Kier molecular flexibility index (Phi) is 3.41. The third-order valence-corrected chi connectivity index (χ3v) is 3.54. The van der Waals surface area contributed by atoms with E-state index in [0.717, 1.165) is 13.2 Å². The van der Waals surface area contributed by atoms with Gasteiger partial charge >= 0.3 is 0 Å². The minimum absolute atomic E-state index is 0.0668. The molecular formula is C10H18N4OS. The van der Waals surface area contributed by atoms with Gasteiger partial charge in [0.1, 0.15) is 6.61 Å². The average Bonchev–Trinajstić information content (AvgIpc) is 3.08. The molecule has 90 valence electrons. The highest BCUT2D eigenvalue weighted by Crippen LogP contribution is 2.26. The van der Waals surface area contributed by atoms with E-state index in [2.05, 4.69) is 16.9 Å². The molecular weight excluding hydrogens is 224 g/mol. The number of aliphatic hydroxyl groups excluding tert-OH is 1. The lowest BCUT2D eigenvalue weighted by molar-refractivity contribution is 0.203. The molecule has 1 aromatic rings. The second-order valence-corrected chi connectivity index (χ2v) is 4.56. The highest BCUT2D eigenvalue weighted by Gasteiger charge is 2.28. The number of aliphatic hydroxyl groups is 1. The van der Waals surface area contributed by atoms with Crippen molar-refractivity contribution in [2.75, 3.05) is 6.54 Å². The van der Waals surface area contributed by atoms with Gasteiger partial charge in [-0.05, 0) is 31.6 Å². The Morgan fingerprint density at radius 3 is 2.69 bits per heavy atom. The third-order valence-electron chi connectivity index (χ3n) is 3.06. The largest absolute Gasteiger partial charge is 0.388 e. The van der Waals surface area contributed by atoms with Gasteiger partial charge in [-0.1, -0.05) is 6.92 Å². The topological polar surface area (TPSA) is 46.2 Å². The number of nitrogens with zero attached hydrogens (tertiary/aromatic N) is 4. The maximum absolute atomic E-state index is 9.11. The summed E-state index contributed by atoms with van der Waals surface area (Å²) in [6.07, 6.45) is 2.56. The number of hydrogen-bond donors (Lipinski definition) is 1. The average molecular weight is 242 g/mol. The van der Waals surface area contributed by atoms with Crippen LogP contribution in [0, 0.1) is 4.77 Å². The Balaban J connectivity index is 2.17. The monoisotopic (exact) mass is 242 g/mol. The van der Waals surface area contributed by atoms with Crippen LogP contribution in [0.2, 0.25) is 0 Å². The van der Waals surface area contributed by atoms with Crippen molar-refractivity contribution in [2.45, 2.75) is 39.1 Å². The summed E-state index contributed by atoms with van der Waals surface area (Å²) in [5, 5.41) is 13.4. The van der Waals surface area contributed by atoms with Gasteiger partial charge in [-0.15, -0.1) is 0 Å². The maximum Gasteiger partial charge on any atom is 0.198 e. The van der Waals surface area contributed by atoms with E-state index >= 15 is 0 Å². The van der Waals surface area contributed by atoms with Crippen LogP contribution in [0.25, 0.3) is 0 Å². The van der Waals surface area contributed by atoms with E-state index in [4.69, 9.17) is 17.3 Å². The first-order valence-corrected chi connectivity index (χ1v) is 6.05. The molecule has 5 nitrogen and oxygen atoms in total. The smallest absolute Gasteiger partial charge is 0.198 e. The summed E-state index contributed by atoms with van der Waals surface area (Å²) in [5.41, 5.74) is 0. The second kappa shape index (κ2) is 4.65. The van der Waals surface area contributed by atoms with Crippen LogP contribution in [0.4, 0.5) is 0 Å². The Morgan fingerprint density at radius 2 is 2.25 bits per heavy atom. The zero-order chi connectivity index (χ0) is 11.7. The fourth-order valence-corrected chi connectivity index (χ4v) is 2.05. The van der Waals surface area contributed by atoms with Crippen LogP contribution < -0.4 is 0 Å². The second-order valence-electron chi connectivity index (χ2n) is 4.19. The Hall–Kier alpha value is -0.720. The number of rotatable bonds is 5. The molecule has 0 unspecified atom stereocenters. The summed E-state index contributed by atoms with van der Waals surface area (Å²) in [4.78, 5) is 2.37. The van der Waals surface area contributed by atoms with Gasteiger partial charge in [0.2, 0.25) is 0 Å². The molecule has 1 fully saturated rings. The van der Waals surface area contributed by atoms with Crippen LogP contribution in [0.1, 0.15) is 25.6 Å². The standard InChI is InChI=1S/C10H18N4OS/c1-3-13(8-4-5-8)7-14-10(16)12(2)9(6-15)11-14/h8,15H,3-7H2,1-2H3. The highest BCUT2D eigenvalue weighted by molar-refractivity contribution is 7.71. The molecule has 0 bridgehead atoms. The zero-order valence-corrected chi connectivity index (χ0v) is 10.6. The molecule has 1 N–H and O–H groups in total. The van der Waals surface area contributed by atoms with E-state index in [1.807, 2.05) is 7.05 Å². The molecule has 0 saturated heterocycles. The van der Waals surface area contributed by atoms with E-state index in [1.54, 1.807) is 9.25 Å². The predicted octanol–water partition coefficient (Wildman–Crippen LogP) is 0.885. The summed E-state index contributed by atoms with van der Waals surface area (Å²) in [6.45, 7) is 3.83. The van der Waals surface area contributed by atoms with Crippen LogP contribution in [0.5, 0.6) is 0 Å². The molecule has 1 aliphatic carbocycles. The first kappa shape index (κ1) is 11.8. The SMILES string of the molecule is CCN(Cn1nc(CO)n(C)c1=S)C1CC1. The fourth-order valence-electron chi connectivity index (χ4n) is 1.85. The summed E-state index contributed by atoms with van der Waals surface area (Å²) in [6, 6.07) is 0.700. The van der Waals surface area contributed by atoms with Gasteiger partial charge in [-0.25, -0.2) is 4.68 Å². The van der Waals surface area contributed by atoms with Crippen LogP contribution >= 0.6 is 12.2 Å². The molecule has 2 rings (SSSR count). The molecule has 1 aliphatic rings. The first-order chi connectivity index (χ1) is 7.67. The molecule has 1 saturated carbocycles. The van der Waals surface area contributed by atoms with Crippen molar-refractivity contribution in [3.63, 3.8) is 0 Å². The molecule has 0 aromatic carbocycles. The first-order valence-electron chi connectivity index (χ1n) is 5.65. The van der Waals surface area contributed by atoms with Crippen molar-refractivity contribution < 1.29 is 5.11 Å².